The average molecular weight is 264 g/mol. The number of carbonyl (C=O) groups excluding carboxylic acids is 2. The van der Waals surface area contributed by atoms with E-state index in [2.05, 4.69) is 4.74 Å². The summed E-state index contributed by atoms with van der Waals surface area (Å²) in [6.45, 7) is 0. The Bertz CT molecular complexity index is 443. The number of ether oxygens (including phenoxy) is 1. The van der Waals surface area contributed by atoms with Crippen molar-refractivity contribution < 1.29 is 27.5 Å². The zero-order chi connectivity index (χ0) is 13.1. The van der Waals surface area contributed by atoms with E-state index >= 15 is 0 Å². The van der Waals surface area contributed by atoms with Gasteiger partial charge in [0.05, 0.1) is 5.56 Å². The van der Waals surface area contributed by atoms with Gasteiger partial charge >= 0.3 is 18.1 Å². The molecule has 0 aliphatic rings. The molecule has 0 radical (unpaired) electrons. The highest BCUT2D eigenvalue weighted by molar-refractivity contribution is 7.98. The molecule has 0 bridgehead atoms. The number of alkyl halides is 3. The summed E-state index contributed by atoms with van der Waals surface area (Å²) < 4.78 is 39.4. The van der Waals surface area contributed by atoms with Gasteiger partial charge in [-0.1, -0.05) is 12.1 Å². The lowest BCUT2D eigenvalue weighted by atomic mass is 10.2. The number of carbonyl (C=O) groups is 2. The summed E-state index contributed by atoms with van der Waals surface area (Å²) in [5.74, 6) is -3.82. The largest absolute Gasteiger partial charge is 0.491 e. The molecule has 0 saturated heterocycles. The number of esters is 2. The molecule has 0 saturated carbocycles. The molecular formula is C10H7F3O3S. The second kappa shape index (κ2) is 5.22. The smallest absolute Gasteiger partial charge is 0.383 e. The fourth-order valence-corrected chi connectivity index (χ4v) is 1.60. The topological polar surface area (TPSA) is 43.4 Å². The molecule has 0 spiro atoms. The molecule has 3 nitrogen and oxygen atoms in total. The van der Waals surface area contributed by atoms with Crippen LogP contribution < -0.4 is 0 Å². The van der Waals surface area contributed by atoms with Gasteiger partial charge in [-0.15, -0.1) is 11.8 Å². The molecule has 0 atom stereocenters. The molecule has 0 aliphatic carbocycles. The van der Waals surface area contributed by atoms with E-state index in [1.807, 2.05) is 0 Å². The predicted octanol–water partition coefficient (Wildman–Crippen LogP) is 2.65. The Kier molecular flexibility index (Phi) is 4.17. The van der Waals surface area contributed by atoms with E-state index in [1.54, 1.807) is 18.4 Å². The van der Waals surface area contributed by atoms with Crippen molar-refractivity contribution >= 4 is 23.7 Å². The molecule has 92 valence electrons. The van der Waals surface area contributed by atoms with Crippen LogP contribution in [0.25, 0.3) is 0 Å². The number of rotatable bonds is 2. The van der Waals surface area contributed by atoms with Crippen LogP contribution in [-0.4, -0.2) is 24.4 Å². The van der Waals surface area contributed by atoms with Gasteiger partial charge in [0.2, 0.25) is 0 Å². The lowest BCUT2D eigenvalue weighted by Gasteiger charge is -2.07. The first-order chi connectivity index (χ1) is 7.86. The zero-order valence-electron chi connectivity index (χ0n) is 8.58. The van der Waals surface area contributed by atoms with Crippen LogP contribution in [0.4, 0.5) is 13.2 Å². The van der Waals surface area contributed by atoms with E-state index in [-0.39, 0.29) is 5.56 Å². The number of halogens is 3. The van der Waals surface area contributed by atoms with E-state index in [9.17, 15) is 22.8 Å². The van der Waals surface area contributed by atoms with Gasteiger partial charge in [-0.2, -0.15) is 13.2 Å². The highest BCUT2D eigenvalue weighted by Gasteiger charge is 2.42. The molecule has 0 fully saturated rings. The highest BCUT2D eigenvalue weighted by atomic mass is 32.2. The van der Waals surface area contributed by atoms with Gasteiger partial charge in [0.1, 0.15) is 0 Å². The van der Waals surface area contributed by atoms with Gasteiger partial charge in [-0.05, 0) is 18.4 Å². The minimum atomic E-state index is -5.18. The Morgan fingerprint density at radius 1 is 1.24 bits per heavy atom. The first-order valence-electron chi connectivity index (χ1n) is 4.32. The van der Waals surface area contributed by atoms with E-state index in [4.69, 9.17) is 0 Å². The average Bonchev–Trinajstić information content (AvgIpc) is 2.27. The minimum absolute atomic E-state index is 0.0717. The van der Waals surface area contributed by atoms with Gasteiger partial charge in [0.25, 0.3) is 0 Å². The summed E-state index contributed by atoms with van der Waals surface area (Å²) in [7, 11) is 0. The summed E-state index contributed by atoms with van der Waals surface area (Å²) in [6, 6.07) is 5.92. The lowest BCUT2D eigenvalue weighted by Crippen LogP contribution is -2.28. The Morgan fingerprint density at radius 3 is 2.35 bits per heavy atom. The molecule has 1 rings (SSSR count). The maximum Gasteiger partial charge on any atom is 0.491 e. The third kappa shape index (κ3) is 3.48. The molecule has 0 heterocycles. The minimum Gasteiger partial charge on any atom is -0.383 e. The van der Waals surface area contributed by atoms with E-state index < -0.39 is 18.1 Å². The van der Waals surface area contributed by atoms with Crippen molar-refractivity contribution in [3.8, 4) is 0 Å². The first-order valence-corrected chi connectivity index (χ1v) is 5.55. The van der Waals surface area contributed by atoms with Gasteiger partial charge in [0, 0.05) is 4.90 Å². The van der Waals surface area contributed by atoms with Crippen molar-refractivity contribution in [2.24, 2.45) is 0 Å². The van der Waals surface area contributed by atoms with Gasteiger partial charge < -0.3 is 4.74 Å². The SMILES string of the molecule is CSc1ccccc1C(=O)OC(=O)C(F)(F)F. The standard InChI is InChI=1S/C10H7F3O3S/c1-17-7-5-3-2-4-6(7)8(14)16-9(15)10(11,12)13/h2-5H,1H3. The number of hydrogen-bond acceptors (Lipinski definition) is 4. The second-order valence-electron chi connectivity index (χ2n) is 2.88. The van der Waals surface area contributed by atoms with Crippen LogP contribution in [0.5, 0.6) is 0 Å². The fraction of sp³-hybridized carbons (Fsp3) is 0.200. The van der Waals surface area contributed by atoms with E-state index in [0.29, 0.717) is 4.90 Å². The normalized spacial score (nSPS) is 11.1. The van der Waals surface area contributed by atoms with Crippen LogP contribution in [0, 0.1) is 0 Å². The maximum absolute atomic E-state index is 11.9. The molecule has 7 heteroatoms. The number of hydrogen-bond donors (Lipinski definition) is 0. The highest BCUT2D eigenvalue weighted by Crippen LogP contribution is 2.22. The lowest BCUT2D eigenvalue weighted by molar-refractivity contribution is -0.193. The third-order valence-electron chi connectivity index (χ3n) is 1.74. The van der Waals surface area contributed by atoms with E-state index in [1.165, 1.54) is 12.1 Å². The molecular weight excluding hydrogens is 257 g/mol. The van der Waals surface area contributed by atoms with Crippen molar-refractivity contribution in [2.45, 2.75) is 11.1 Å². The second-order valence-corrected chi connectivity index (χ2v) is 3.72. The first kappa shape index (κ1) is 13.6. The molecule has 0 unspecified atom stereocenters. The third-order valence-corrected chi connectivity index (χ3v) is 2.54. The Morgan fingerprint density at radius 2 is 1.82 bits per heavy atom. The molecule has 0 aliphatic heterocycles. The van der Waals surface area contributed by atoms with Crippen molar-refractivity contribution in [1.29, 1.82) is 0 Å². The predicted molar refractivity (Wildman–Crippen MR) is 54.7 cm³/mol. The van der Waals surface area contributed by atoms with Crippen LogP contribution in [0.2, 0.25) is 0 Å². The quantitative estimate of drug-likeness (QED) is 0.468. The Labute approximate surface area is 98.9 Å². The van der Waals surface area contributed by atoms with Crippen molar-refractivity contribution in [2.75, 3.05) is 6.26 Å². The number of thioether (sulfide) groups is 1. The summed E-state index contributed by atoms with van der Waals surface area (Å²) in [5, 5.41) is 0. The monoisotopic (exact) mass is 264 g/mol. The molecule has 0 amide bonds. The summed E-state index contributed by atoms with van der Waals surface area (Å²) >= 11 is 1.16. The summed E-state index contributed by atoms with van der Waals surface area (Å²) in [5.41, 5.74) is -0.0717. The van der Waals surface area contributed by atoms with Gasteiger partial charge in [0.15, 0.2) is 0 Å². The van der Waals surface area contributed by atoms with Crippen LogP contribution in [0.15, 0.2) is 29.2 Å². The number of benzene rings is 1. The Balaban J connectivity index is 2.88. The molecule has 1 aromatic carbocycles. The maximum atomic E-state index is 11.9. The zero-order valence-corrected chi connectivity index (χ0v) is 9.39. The van der Waals surface area contributed by atoms with Crippen LogP contribution >= 0.6 is 11.8 Å². The van der Waals surface area contributed by atoms with Crippen LogP contribution in [0.1, 0.15) is 10.4 Å². The van der Waals surface area contributed by atoms with E-state index in [0.717, 1.165) is 11.8 Å². The molecule has 0 aromatic heterocycles. The van der Waals surface area contributed by atoms with Crippen molar-refractivity contribution in [3.05, 3.63) is 29.8 Å². The van der Waals surface area contributed by atoms with Gasteiger partial charge in [-0.3, -0.25) is 0 Å². The van der Waals surface area contributed by atoms with Crippen LogP contribution in [-0.2, 0) is 9.53 Å². The Hall–Kier alpha value is -1.50. The van der Waals surface area contributed by atoms with Crippen molar-refractivity contribution in [1.82, 2.24) is 0 Å². The summed E-state index contributed by atoms with van der Waals surface area (Å²) in [4.78, 5) is 22.2. The molecule has 17 heavy (non-hydrogen) atoms. The summed E-state index contributed by atoms with van der Waals surface area (Å²) in [6.07, 6.45) is -3.53. The fourth-order valence-electron chi connectivity index (χ4n) is 1.01. The van der Waals surface area contributed by atoms with Crippen molar-refractivity contribution in [3.63, 3.8) is 0 Å². The molecule has 0 N–H and O–H groups in total. The van der Waals surface area contributed by atoms with Gasteiger partial charge in [-0.25, -0.2) is 9.59 Å². The molecule has 1 aromatic rings. The van der Waals surface area contributed by atoms with Crippen LogP contribution in [0.3, 0.4) is 0 Å².